The smallest absolute Gasteiger partial charge is 0.0946 e. The molecular weight excluding hydrogens is 256 g/mol. The SMILES string of the molecule is CC(Cc1cccs1)N(C)C(CN)c1cncn1C. The highest BCUT2D eigenvalue weighted by Crippen LogP contribution is 2.22. The zero-order valence-electron chi connectivity index (χ0n) is 11.8. The molecule has 0 aromatic carbocycles. The number of hydrogen-bond acceptors (Lipinski definition) is 4. The molecular formula is C14H22N4S. The Labute approximate surface area is 118 Å². The average molecular weight is 278 g/mol. The van der Waals surface area contributed by atoms with Gasteiger partial charge in [-0.25, -0.2) is 4.98 Å². The molecule has 2 N–H and O–H groups in total. The van der Waals surface area contributed by atoms with Gasteiger partial charge in [0.1, 0.15) is 0 Å². The van der Waals surface area contributed by atoms with Crippen LogP contribution in [0.5, 0.6) is 0 Å². The first-order chi connectivity index (χ1) is 9.13. The molecule has 2 rings (SSSR count). The first-order valence-electron chi connectivity index (χ1n) is 6.54. The molecule has 0 fully saturated rings. The highest BCUT2D eigenvalue weighted by molar-refractivity contribution is 7.09. The van der Waals surface area contributed by atoms with Crippen molar-refractivity contribution in [2.45, 2.75) is 25.4 Å². The summed E-state index contributed by atoms with van der Waals surface area (Å²) in [5, 5.41) is 2.13. The molecule has 0 bridgehead atoms. The fourth-order valence-corrected chi connectivity index (χ4v) is 3.18. The summed E-state index contributed by atoms with van der Waals surface area (Å²) in [6.07, 6.45) is 4.80. The molecule has 0 amide bonds. The van der Waals surface area contributed by atoms with E-state index in [9.17, 15) is 0 Å². The van der Waals surface area contributed by atoms with E-state index in [4.69, 9.17) is 5.73 Å². The Morgan fingerprint density at radius 1 is 1.53 bits per heavy atom. The number of nitrogens with two attached hydrogens (primary N) is 1. The van der Waals surface area contributed by atoms with E-state index in [0.717, 1.165) is 6.42 Å². The van der Waals surface area contributed by atoms with Crippen LogP contribution in [-0.2, 0) is 13.5 Å². The zero-order valence-corrected chi connectivity index (χ0v) is 12.6. The number of aryl methyl sites for hydroxylation is 1. The summed E-state index contributed by atoms with van der Waals surface area (Å²) in [7, 11) is 4.16. The maximum atomic E-state index is 5.96. The first kappa shape index (κ1) is 14.2. The number of likely N-dealkylation sites (N-methyl/N-ethyl adjacent to an activating group) is 1. The number of aromatic nitrogens is 2. The number of imidazole rings is 1. The van der Waals surface area contributed by atoms with Crippen LogP contribution in [0.3, 0.4) is 0 Å². The van der Waals surface area contributed by atoms with E-state index in [-0.39, 0.29) is 6.04 Å². The van der Waals surface area contributed by atoms with Gasteiger partial charge in [0.15, 0.2) is 0 Å². The van der Waals surface area contributed by atoms with Crippen molar-refractivity contribution in [2.24, 2.45) is 12.8 Å². The summed E-state index contributed by atoms with van der Waals surface area (Å²) in [4.78, 5) is 7.95. The van der Waals surface area contributed by atoms with Crippen LogP contribution in [0, 0.1) is 0 Å². The van der Waals surface area contributed by atoms with Gasteiger partial charge in [-0.1, -0.05) is 6.07 Å². The van der Waals surface area contributed by atoms with Gasteiger partial charge in [-0.2, -0.15) is 0 Å². The molecule has 0 aliphatic heterocycles. The van der Waals surface area contributed by atoms with Gasteiger partial charge in [-0.05, 0) is 31.8 Å². The standard InChI is InChI=1S/C14H22N4S/c1-11(7-12-5-4-6-19-12)18(3)13(8-15)14-9-16-10-17(14)2/h4-6,9-11,13H,7-8,15H2,1-3H3. The molecule has 0 saturated heterocycles. The molecule has 0 radical (unpaired) electrons. The van der Waals surface area contributed by atoms with Gasteiger partial charge in [-0.15, -0.1) is 11.3 Å². The van der Waals surface area contributed by atoms with Gasteiger partial charge < -0.3 is 10.3 Å². The van der Waals surface area contributed by atoms with E-state index in [1.54, 1.807) is 0 Å². The normalized spacial score (nSPS) is 14.8. The lowest BCUT2D eigenvalue weighted by molar-refractivity contribution is 0.182. The van der Waals surface area contributed by atoms with E-state index in [0.29, 0.717) is 12.6 Å². The van der Waals surface area contributed by atoms with Gasteiger partial charge >= 0.3 is 0 Å². The van der Waals surface area contributed by atoms with Crippen molar-refractivity contribution in [3.05, 3.63) is 40.6 Å². The van der Waals surface area contributed by atoms with Crippen molar-refractivity contribution in [3.8, 4) is 0 Å². The maximum Gasteiger partial charge on any atom is 0.0946 e. The minimum atomic E-state index is 0.211. The highest BCUT2D eigenvalue weighted by Gasteiger charge is 2.22. The topological polar surface area (TPSA) is 47.1 Å². The predicted molar refractivity (Wildman–Crippen MR) is 80.3 cm³/mol. The van der Waals surface area contributed by atoms with Crippen LogP contribution in [0.4, 0.5) is 0 Å². The molecule has 5 heteroatoms. The number of rotatable bonds is 6. The lowest BCUT2D eigenvalue weighted by Crippen LogP contribution is -2.38. The number of hydrogen-bond donors (Lipinski definition) is 1. The van der Waals surface area contributed by atoms with Crippen molar-refractivity contribution in [2.75, 3.05) is 13.6 Å². The third kappa shape index (κ3) is 3.23. The summed E-state index contributed by atoms with van der Waals surface area (Å²) in [5.41, 5.74) is 7.13. The third-order valence-electron chi connectivity index (χ3n) is 3.68. The van der Waals surface area contributed by atoms with E-state index in [1.807, 2.05) is 35.5 Å². The van der Waals surface area contributed by atoms with Crippen LogP contribution in [0.25, 0.3) is 0 Å². The van der Waals surface area contributed by atoms with E-state index < -0.39 is 0 Å². The van der Waals surface area contributed by atoms with E-state index in [1.165, 1.54) is 10.6 Å². The summed E-state index contributed by atoms with van der Waals surface area (Å²) in [6.45, 7) is 2.85. The average Bonchev–Trinajstić information content (AvgIpc) is 3.03. The van der Waals surface area contributed by atoms with Crippen LogP contribution < -0.4 is 5.73 Å². The molecule has 0 spiro atoms. The molecule has 0 aliphatic carbocycles. The van der Waals surface area contributed by atoms with E-state index >= 15 is 0 Å². The summed E-state index contributed by atoms with van der Waals surface area (Å²) < 4.78 is 2.05. The highest BCUT2D eigenvalue weighted by atomic mass is 32.1. The molecule has 2 aromatic rings. The van der Waals surface area contributed by atoms with Crippen molar-refractivity contribution < 1.29 is 0 Å². The van der Waals surface area contributed by atoms with Crippen LogP contribution in [-0.4, -0.2) is 34.1 Å². The molecule has 2 aromatic heterocycles. The van der Waals surface area contributed by atoms with E-state index in [2.05, 4.69) is 41.4 Å². The molecule has 2 atom stereocenters. The van der Waals surface area contributed by atoms with Crippen molar-refractivity contribution in [1.82, 2.24) is 14.5 Å². The Morgan fingerprint density at radius 2 is 2.32 bits per heavy atom. The van der Waals surface area contributed by atoms with Gasteiger partial charge in [0.05, 0.1) is 18.1 Å². The molecule has 104 valence electrons. The largest absolute Gasteiger partial charge is 0.336 e. The van der Waals surface area contributed by atoms with Crippen LogP contribution in [0.1, 0.15) is 23.5 Å². The molecule has 2 unspecified atom stereocenters. The predicted octanol–water partition coefficient (Wildman–Crippen LogP) is 2.04. The maximum absolute atomic E-state index is 5.96. The Hall–Kier alpha value is -1.17. The second kappa shape index (κ2) is 6.32. The Balaban J connectivity index is 2.08. The molecule has 4 nitrogen and oxygen atoms in total. The minimum absolute atomic E-state index is 0.211. The minimum Gasteiger partial charge on any atom is -0.336 e. The summed E-state index contributed by atoms with van der Waals surface area (Å²) >= 11 is 1.81. The van der Waals surface area contributed by atoms with Gasteiger partial charge in [0, 0.05) is 30.7 Å². The summed E-state index contributed by atoms with van der Waals surface area (Å²) in [5.74, 6) is 0. The lowest BCUT2D eigenvalue weighted by atomic mass is 10.1. The van der Waals surface area contributed by atoms with Gasteiger partial charge in [0.2, 0.25) is 0 Å². The molecule has 2 heterocycles. The van der Waals surface area contributed by atoms with Gasteiger partial charge in [-0.3, -0.25) is 4.90 Å². The van der Waals surface area contributed by atoms with Crippen LogP contribution >= 0.6 is 11.3 Å². The molecule has 0 aliphatic rings. The lowest BCUT2D eigenvalue weighted by Gasteiger charge is -2.32. The second-order valence-electron chi connectivity index (χ2n) is 4.98. The monoisotopic (exact) mass is 278 g/mol. The second-order valence-corrected chi connectivity index (χ2v) is 6.01. The third-order valence-corrected chi connectivity index (χ3v) is 4.58. The van der Waals surface area contributed by atoms with Crippen molar-refractivity contribution in [1.29, 1.82) is 0 Å². The van der Waals surface area contributed by atoms with Crippen molar-refractivity contribution >= 4 is 11.3 Å². The van der Waals surface area contributed by atoms with Crippen molar-refractivity contribution in [3.63, 3.8) is 0 Å². The van der Waals surface area contributed by atoms with Gasteiger partial charge in [0.25, 0.3) is 0 Å². The Kier molecular flexibility index (Phi) is 4.74. The number of thiophene rings is 1. The fourth-order valence-electron chi connectivity index (χ4n) is 2.36. The van der Waals surface area contributed by atoms with Crippen LogP contribution in [0.15, 0.2) is 30.0 Å². The molecule has 0 saturated carbocycles. The Morgan fingerprint density at radius 3 is 2.84 bits per heavy atom. The quantitative estimate of drug-likeness (QED) is 0.879. The molecule has 19 heavy (non-hydrogen) atoms. The zero-order chi connectivity index (χ0) is 13.8. The number of nitrogens with zero attached hydrogens (tertiary/aromatic N) is 3. The first-order valence-corrected chi connectivity index (χ1v) is 7.42. The summed E-state index contributed by atoms with van der Waals surface area (Å²) in [6, 6.07) is 4.95. The van der Waals surface area contributed by atoms with Crippen LogP contribution in [0.2, 0.25) is 0 Å². The fraction of sp³-hybridized carbons (Fsp3) is 0.500. The Bertz CT molecular complexity index is 491.